The van der Waals surface area contributed by atoms with Crippen LogP contribution in [0.5, 0.6) is 0 Å². The van der Waals surface area contributed by atoms with E-state index in [-0.39, 0.29) is 12.1 Å². The molecule has 6 heteroatoms. The van der Waals surface area contributed by atoms with Crippen LogP contribution in [-0.4, -0.2) is 15.8 Å². The maximum Gasteiger partial charge on any atom is 0.252 e. The first kappa shape index (κ1) is 62.4. The minimum atomic E-state index is -0.260. The van der Waals surface area contributed by atoms with Gasteiger partial charge in [-0.25, -0.2) is 0 Å². The summed E-state index contributed by atoms with van der Waals surface area (Å²) in [5.74, 6) is 0. The minimum Gasteiger partial charge on any atom is -0.311 e. The molecule has 0 N–H and O–H groups in total. The van der Waals surface area contributed by atoms with Crippen molar-refractivity contribution < 1.29 is 0 Å². The third-order valence-corrected chi connectivity index (χ3v) is 22.0. The van der Waals surface area contributed by atoms with Crippen molar-refractivity contribution in [1.29, 1.82) is 0 Å². The van der Waals surface area contributed by atoms with Gasteiger partial charge in [0.25, 0.3) is 6.71 Å². The van der Waals surface area contributed by atoms with Gasteiger partial charge in [-0.3, -0.25) is 0 Å². The van der Waals surface area contributed by atoms with Crippen molar-refractivity contribution >= 4 is 118 Å². The van der Waals surface area contributed by atoms with E-state index in [0.29, 0.717) is 0 Å². The number of nitrogens with zero attached hydrogens (tertiary/aromatic N) is 5. The van der Waals surface area contributed by atoms with Crippen LogP contribution in [0, 0.1) is 0 Å². The number of rotatable bonds is 12. The first-order valence-corrected chi connectivity index (χ1v) is 36.8. The fourth-order valence-corrected chi connectivity index (χ4v) is 17.1. The second-order valence-corrected chi connectivity index (χ2v) is 29.2. The lowest BCUT2D eigenvalue weighted by molar-refractivity contribution is 0.591. The number of fused-ring (bicyclic) bond motifs is 10. The maximum absolute atomic E-state index is 2.69. The van der Waals surface area contributed by atoms with Gasteiger partial charge in [0.1, 0.15) is 0 Å². The minimum absolute atomic E-state index is 0.199. The second-order valence-electron chi connectivity index (χ2n) is 29.2. The molecule has 2 aliphatic heterocycles. The van der Waals surface area contributed by atoms with Crippen molar-refractivity contribution in [3.8, 4) is 67.0 Å². The Balaban J connectivity index is 0.923. The Hall–Kier alpha value is -13.4. The van der Waals surface area contributed by atoms with Crippen LogP contribution in [0.4, 0.5) is 51.2 Å². The Morgan fingerprint density at radius 2 is 0.632 bits per heavy atom. The monoisotopic (exact) mass is 1350 g/mol. The molecular weight excluding hydrogens is 1280 g/mol. The Morgan fingerprint density at radius 3 is 1.10 bits per heavy atom. The lowest BCUT2D eigenvalue weighted by Gasteiger charge is -2.46. The summed E-state index contributed by atoms with van der Waals surface area (Å²) in [6, 6.07) is 143. The van der Waals surface area contributed by atoms with Crippen LogP contribution in [0.3, 0.4) is 0 Å². The number of hydrogen-bond acceptors (Lipinski definition) is 3. The lowest BCUT2D eigenvalue weighted by Crippen LogP contribution is -2.61. The molecule has 0 atom stereocenters. The molecular formula is C100H72BN5. The first-order valence-electron chi connectivity index (χ1n) is 36.8. The highest BCUT2D eigenvalue weighted by Crippen LogP contribution is 2.54. The SMILES string of the molecule is CC(C)(C)c1cc(-c2ccccc2)c(N2c3cc(-c4ccccc4)ccc3B3c4ccc(N(c5ccccc5)c5ccc(-n6c7ccccc7c7ccccc76)cc5)cc4N(c4cc(-c5ccccc5)cc(-c5ccccc5)c4)c4cc(-n5c6ccccc6c6ccccc65)cc2c43)c(-c2ccccc2)c1. The number of benzene rings is 16. The third-order valence-electron chi connectivity index (χ3n) is 22.0. The van der Waals surface area contributed by atoms with E-state index in [1.54, 1.807) is 0 Å². The van der Waals surface area contributed by atoms with E-state index in [0.717, 1.165) is 129 Å². The molecule has 0 saturated heterocycles. The smallest absolute Gasteiger partial charge is 0.252 e. The molecule has 16 aromatic carbocycles. The normalized spacial score (nSPS) is 12.4. The molecule has 0 spiro atoms. The van der Waals surface area contributed by atoms with E-state index in [9.17, 15) is 0 Å². The summed E-state index contributed by atoms with van der Waals surface area (Å²) in [5.41, 5.74) is 32.6. The van der Waals surface area contributed by atoms with E-state index in [2.05, 4.69) is 427 Å². The molecule has 0 bridgehead atoms. The van der Waals surface area contributed by atoms with Gasteiger partial charge in [0.05, 0.1) is 33.4 Å². The van der Waals surface area contributed by atoms with Crippen LogP contribution in [0.1, 0.15) is 26.3 Å². The van der Waals surface area contributed by atoms with E-state index in [4.69, 9.17) is 0 Å². The molecule has 0 saturated carbocycles. The molecule has 106 heavy (non-hydrogen) atoms. The van der Waals surface area contributed by atoms with Crippen molar-refractivity contribution in [1.82, 2.24) is 9.13 Å². The van der Waals surface area contributed by atoms with Gasteiger partial charge in [-0.2, -0.15) is 0 Å². The second kappa shape index (κ2) is 25.2. The quantitative estimate of drug-likeness (QED) is 0.114. The van der Waals surface area contributed by atoms with Crippen molar-refractivity contribution in [3.63, 3.8) is 0 Å². The largest absolute Gasteiger partial charge is 0.311 e. The molecule has 500 valence electrons. The van der Waals surface area contributed by atoms with Crippen LogP contribution >= 0.6 is 0 Å². The van der Waals surface area contributed by atoms with E-state index < -0.39 is 0 Å². The first-order chi connectivity index (χ1) is 52.2. The van der Waals surface area contributed by atoms with Gasteiger partial charge in [-0.15, -0.1) is 0 Å². The zero-order valence-electron chi connectivity index (χ0n) is 59.2. The van der Waals surface area contributed by atoms with Gasteiger partial charge in [0, 0.05) is 83.9 Å². The summed E-state index contributed by atoms with van der Waals surface area (Å²) in [6.45, 7) is 6.78. The molecule has 4 heterocycles. The van der Waals surface area contributed by atoms with Crippen molar-refractivity contribution in [2.75, 3.05) is 14.7 Å². The molecule has 2 aliphatic rings. The number of anilines is 9. The van der Waals surface area contributed by atoms with Crippen LogP contribution in [0.25, 0.3) is 111 Å². The summed E-state index contributed by atoms with van der Waals surface area (Å²) in [7, 11) is 0. The molecule has 5 nitrogen and oxygen atoms in total. The molecule has 18 aromatic rings. The lowest BCUT2D eigenvalue weighted by atomic mass is 9.33. The van der Waals surface area contributed by atoms with Crippen molar-refractivity contribution in [2.45, 2.75) is 26.2 Å². The Morgan fingerprint density at radius 1 is 0.255 bits per heavy atom. The zero-order chi connectivity index (χ0) is 70.6. The van der Waals surface area contributed by atoms with E-state index in [1.165, 1.54) is 54.5 Å². The van der Waals surface area contributed by atoms with Gasteiger partial charge in [0.15, 0.2) is 0 Å². The molecule has 2 aromatic heterocycles. The van der Waals surface area contributed by atoms with Crippen molar-refractivity contribution in [2.24, 2.45) is 0 Å². The predicted molar refractivity (Wildman–Crippen MR) is 450 cm³/mol. The van der Waals surface area contributed by atoms with Crippen LogP contribution in [0.15, 0.2) is 382 Å². The Kier molecular flexibility index (Phi) is 14.8. The zero-order valence-corrected chi connectivity index (χ0v) is 59.2. The summed E-state index contributed by atoms with van der Waals surface area (Å²) in [4.78, 5) is 7.78. The number of para-hydroxylation sites is 5. The predicted octanol–water partition coefficient (Wildman–Crippen LogP) is 25.1. The van der Waals surface area contributed by atoms with Gasteiger partial charge in [0.2, 0.25) is 0 Å². The topological polar surface area (TPSA) is 19.6 Å². The van der Waals surface area contributed by atoms with E-state index >= 15 is 0 Å². The number of hydrogen-bond donors (Lipinski definition) is 0. The van der Waals surface area contributed by atoms with Crippen LogP contribution < -0.4 is 31.1 Å². The highest BCUT2D eigenvalue weighted by molar-refractivity contribution is 7.00. The third kappa shape index (κ3) is 10.4. The summed E-state index contributed by atoms with van der Waals surface area (Å²) < 4.78 is 4.94. The molecule has 0 radical (unpaired) electrons. The fourth-order valence-electron chi connectivity index (χ4n) is 17.1. The standard InChI is InChI=1S/C100H72BN5/c1-100(2,3)75-62-86(70-36-16-7-17-37-70)99(87(63-75)71-38-18-8-19-39-71)106-94-61-72(67-30-10-4-11-31-67)50-56-88(94)101-89-57-55-79(102(76-40-20-9-21-41-76)77-51-53-78(54-52-77)103-90-46-26-22-42-82(90)83-43-23-27-47-91(83)103)64-95(89)105(80-59-73(68-32-12-5-13-33-68)58-74(60-80)69-34-14-6-15-35-69)96-65-81(66-97(106)98(96)101)104-92-48-28-24-44-84(92)85-45-25-29-49-93(85)104/h4-66H,1-3H3. The molecule has 20 rings (SSSR count). The average molecular weight is 1350 g/mol. The summed E-state index contributed by atoms with van der Waals surface area (Å²) in [5, 5.41) is 4.88. The van der Waals surface area contributed by atoms with Crippen molar-refractivity contribution in [3.05, 3.63) is 388 Å². The fraction of sp³-hybridized carbons (Fsp3) is 0.0400. The Labute approximate surface area is 618 Å². The van der Waals surface area contributed by atoms with Crippen LogP contribution in [0.2, 0.25) is 0 Å². The molecule has 0 fully saturated rings. The maximum atomic E-state index is 2.69. The Bertz CT molecular complexity index is 6200. The van der Waals surface area contributed by atoms with Crippen LogP contribution in [-0.2, 0) is 5.41 Å². The highest BCUT2D eigenvalue weighted by atomic mass is 15.2. The van der Waals surface area contributed by atoms with Gasteiger partial charge < -0.3 is 23.8 Å². The van der Waals surface area contributed by atoms with Gasteiger partial charge in [-0.05, 0) is 193 Å². The van der Waals surface area contributed by atoms with Gasteiger partial charge >= 0.3 is 0 Å². The molecule has 0 unspecified atom stereocenters. The van der Waals surface area contributed by atoms with Gasteiger partial charge in [-0.1, -0.05) is 282 Å². The molecule has 0 amide bonds. The highest BCUT2D eigenvalue weighted by Gasteiger charge is 2.46. The average Bonchev–Trinajstić information content (AvgIpc) is 0.986. The summed E-state index contributed by atoms with van der Waals surface area (Å²) in [6.07, 6.45) is 0. The molecule has 0 aliphatic carbocycles. The number of aromatic nitrogens is 2. The van der Waals surface area contributed by atoms with E-state index in [1.807, 2.05) is 0 Å². The summed E-state index contributed by atoms with van der Waals surface area (Å²) >= 11 is 0.